The van der Waals surface area contributed by atoms with Crippen LogP contribution in [0.5, 0.6) is 0 Å². The summed E-state index contributed by atoms with van der Waals surface area (Å²) in [6.07, 6.45) is 4.70. The molecule has 1 N–H and O–H groups in total. The Hall–Kier alpha value is -2.90. The van der Waals surface area contributed by atoms with E-state index in [0.29, 0.717) is 29.4 Å². The summed E-state index contributed by atoms with van der Waals surface area (Å²) in [5.74, 6) is -0.485. The van der Waals surface area contributed by atoms with Crippen LogP contribution in [0, 0.1) is 11.7 Å². The van der Waals surface area contributed by atoms with Gasteiger partial charge in [0.25, 0.3) is 0 Å². The summed E-state index contributed by atoms with van der Waals surface area (Å²) in [5, 5.41) is 14.0. The van der Waals surface area contributed by atoms with E-state index in [-0.39, 0.29) is 30.0 Å². The highest BCUT2D eigenvalue weighted by atomic mass is 19.1. The molecule has 0 unspecified atom stereocenters. The molecule has 4 rings (SSSR count). The molecule has 0 spiro atoms. The molecule has 1 saturated carbocycles. The first-order chi connectivity index (χ1) is 13.8. The Morgan fingerprint density at radius 1 is 1.28 bits per heavy atom. The molecule has 0 bridgehead atoms. The molecule has 29 heavy (non-hydrogen) atoms. The van der Waals surface area contributed by atoms with Gasteiger partial charge in [0, 0.05) is 36.4 Å². The summed E-state index contributed by atoms with van der Waals surface area (Å²) < 4.78 is 16.9. The number of hydrogen-bond donors (Lipinski definition) is 1. The van der Waals surface area contributed by atoms with Gasteiger partial charge in [0.1, 0.15) is 5.82 Å². The quantitative estimate of drug-likeness (QED) is 0.830. The van der Waals surface area contributed by atoms with E-state index in [9.17, 15) is 14.7 Å². The van der Waals surface area contributed by atoms with Crippen molar-refractivity contribution in [2.75, 3.05) is 16.3 Å². The fourth-order valence-corrected chi connectivity index (χ4v) is 3.89. The van der Waals surface area contributed by atoms with Crippen LogP contribution in [0.15, 0.2) is 24.5 Å². The van der Waals surface area contributed by atoms with Crippen molar-refractivity contribution in [3.05, 3.63) is 30.3 Å². The van der Waals surface area contributed by atoms with Crippen molar-refractivity contribution in [1.82, 2.24) is 9.78 Å². The van der Waals surface area contributed by atoms with Crippen molar-refractivity contribution in [3.63, 3.8) is 0 Å². The average molecular weight is 400 g/mol. The van der Waals surface area contributed by atoms with Gasteiger partial charge in [-0.3, -0.25) is 14.4 Å². The summed E-state index contributed by atoms with van der Waals surface area (Å²) in [6, 6.07) is 2.79. The second-order valence-corrected chi connectivity index (χ2v) is 8.36. The minimum Gasteiger partial charge on any atom is -0.465 e. The normalized spacial score (nSPS) is 18.9. The number of anilines is 2. The van der Waals surface area contributed by atoms with Crippen LogP contribution < -0.4 is 9.80 Å². The largest absolute Gasteiger partial charge is 0.465 e. The highest BCUT2D eigenvalue weighted by Crippen LogP contribution is 2.41. The SMILES string of the molecule is CC(C)CC(=O)N1c2cc(F)c(-c3cnn(C4CC4)c3)cc2N(C(=O)O)C[C@@H]1C. The van der Waals surface area contributed by atoms with E-state index in [1.165, 1.54) is 21.9 Å². The van der Waals surface area contributed by atoms with E-state index in [0.717, 1.165) is 12.8 Å². The summed E-state index contributed by atoms with van der Waals surface area (Å²) in [4.78, 5) is 27.4. The van der Waals surface area contributed by atoms with Gasteiger partial charge < -0.3 is 10.0 Å². The zero-order chi connectivity index (χ0) is 20.9. The standard InChI is InChI=1S/C21H25FN4O3/c1-12(2)6-20(27)26-13(3)10-24(21(28)29)18-7-16(17(22)8-19(18)26)14-9-23-25(11-14)15-4-5-15/h7-9,11-13,15H,4-6,10H2,1-3H3,(H,28,29)/t13-/m0/s1. The molecule has 1 aromatic heterocycles. The molecule has 1 aromatic carbocycles. The Balaban J connectivity index is 1.80. The van der Waals surface area contributed by atoms with Gasteiger partial charge in [-0.1, -0.05) is 13.8 Å². The van der Waals surface area contributed by atoms with E-state index < -0.39 is 11.9 Å². The fraction of sp³-hybridized carbons (Fsp3) is 0.476. The van der Waals surface area contributed by atoms with Crippen LogP contribution in [-0.2, 0) is 4.79 Å². The second kappa shape index (κ2) is 7.17. The fourth-order valence-electron chi connectivity index (χ4n) is 3.89. The summed E-state index contributed by atoms with van der Waals surface area (Å²) in [5.41, 5.74) is 1.50. The van der Waals surface area contributed by atoms with Crippen LogP contribution in [0.3, 0.4) is 0 Å². The van der Waals surface area contributed by atoms with Gasteiger partial charge >= 0.3 is 6.09 Å². The molecular weight excluding hydrogens is 375 g/mol. The van der Waals surface area contributed by atoms with E-state index in [1.54, 1.807) is 19.3 Å². The zero-order valence-electron chi connectivity index (χ0n) is 16.8. The van der Waals surface area contributed by atoms with Gasteiger partial charge in [-0.25, -0.2) is 9.18 Å². The van der Waals surface area contributed by atoms with E-state index in [2.05, 4.69) is 5.10 Å². The monoisotopic (exact) mass is 400 g/mol. The number of halogens is 1. The number of carbonyl (C=O) groups is 2. The number of amides is 2. The lowest BCUT2D eigenvalue weighted by molar-refractivity contribution is -0.119. The van der Waals surface area contributed by atoms with Crippen LogP contribution >= 0.6 is 0 Å². The Labute approximate surface area is 168 Å². The van der Waals surface area contributed by atoms with Gasteiger partial charge in [-0.05, 0) is 31.7 Å². The predicted octanol–water partition coefficient (Wildman–Crippen LogP) is 4.29. The molecule has 7 nitrogen and oxygen atoms in total. The van der Waals surface area contributed by atoms with Gasteiger partial charge in [0.2, 0.25) is 5.91 Å². The second-order valence-electron chi connectivity index (χ2n) is 8.36. The van der Waals surface area contributed by atoms with Crippen LogP contribution in [-0.4, -0.2) is 39.5 Å². The smallest absolute Gasteiger partial charge is 0.411 e. The molecule has 2 aliphatic rings. The number of benzene rings is 1. The first-order valence-electron chi connectivity index (χ1n) is 9.96. The summed E-state index contributed by atoms with van der Waals surface area (Å²) in [7, 11) is 0. The van der Waals surface area contributed by atoms with Crippen molar-refractivity contribution < 1.29 is 19.1 Å². The minimum atomic E-state index is -1.12. The van der Waals surface area contributed by atoms with Crippen LogP contribution in [0.4, 0.5) is 20.6 Å². The highest BCUT2D eigenvalue weighted by molar-refractivity contribution is 6.03. The lowest BCUT2D eigenvalue weighted by Gasteiger charge is -2.40. The number of rotatable bonds is 4. The Bertz CT molecular complexity index is 967. The summed E-state index contributed by atoms with van der Waals surface area (Å²) in [6.45, 7) is 5.80. The van der Waals surface area contributed by atoms with Crippen molar-refractivity contribution in [3.8, 4) is 11.1 Å². The molecule has 1 aliphatic carbocycles. The average Bonchev–Trinajstić information content (AvgIpc) is 3.37. The molecule has 1 aliphatic heterocycles. The van der Waals surface area contributed by atoms with E-state index in [4.69, 9.17) is 0 Å². The molecule has 1 atom stereocenters. The minimum absolute atomic E-state index is 0.132. The van der Waals surface area contributed by atoms with Gasteiger partial charge in [-0.2, -0.15) is 5.10 Å². The molecule has 154 valence electrons. The zero-order valence-corrected chi connectivity index (χ0v) is 16.8. The number of hydrogen-bond acceptors (Lipinski definition) is 3. The van der Waals surface area contributed by atoms with Crippen LogP contribution in [0.2, 0.25) is 0 Å². The summed E-state index contributed by atoms with van der Waals surface area (Å²) >= 11 is 0. The molecule has 2 aromatic rings. The molecule has 0 radical (unpaired) electrons. The van der Waals surface area contributed by atoms with Crippen molar-refractivity contribution in [2.24, 2.45) is 5.92 Å². The van der Waals surface area contributed by atoms with E-state index >= 15 is 4.39 Å². The van der Waals surface area contributed by atoms with Crippen LogP contribution in [0.1, 0.15) is 46.1 Å². The third kappa shape index (κ3) is 3.59. The van der Waals surface area contributed by atoms with E-state index in [1.807, 2.05) is 18.5 Å². The first kappa shape index (κ1) is 19.4. The van der Waals surface area contributed by atoms with Gasteiger partial charge in [-0.15, -0.1) is 0 Å². The van der Waals surface area contributed by atoms with Gasteiger partial charge in [0.05, 0.1) is 29.7 Å². The molecule has 2 heterocycles. The van der Waals surface area contributed by atoms with Crippen LogP contribution in [0.25, 0.3) is 11.1 Å². The lowest BCUT2D eigenvalue weighted by atomic mass is 10.0. The molecule has 0 saturated heterocycles. The molecular formula is C21H25FN4O3. The molecule has 8 heteroatoms. The number of fused-ring (bicyclic) bond motifs is 1. The number of aromatic nitrogens is 2. The highest BCUT2D eigenvalue weighted by Gasteiger charge is 2.36. The third-order valence-corrected chi connectivity index (χ3v) is 5.42. The number of carbonyl (C=O) groups excluding carboxylic acids is 1. The number of nitrogens with zero attached hydrogens (tertiary/aromatic N) is 4. The van der Waals surface area contributed by atoms with Gasteiger partial charge in [0.15, 0.2) is 0 Å². The maximum atomic E-state index is 15.1. The lowest BCUT2D eigenvalue weighted by Crippen LogP contribution is -2.52. The topological polar surface area (TPSA) is 78.7 Å². The number of carboxylic acid groups (broad SMARTS) is 1. The maximum absolute atomic E-state index is 15.1. The Kier molecular flexibility index (Phi) is 4.80. The Morgan fingerprint density at radius 3 is 2.62 bits per heavy atom. The maximum Gasteiger partial charge on any atom is 0.411 e. The van der Waals surface area contributed by atoms with Crippen molar-refractivity contribution >= 4 is 23.4 Å². The molecule has 2 amide bonds. The first-order valence-corrected chi connectivity index (χ1v) is 9.96. The Morgan fingerprint density at radius 2 is 2.00 bits per heavy atom. The predicted molar refractivity (Wildman–Crippen MR) is 108 cm³/mol. The van der Waals surface area contributed by atoms with Crippen molar-refractivity contribution in [2.45, 2.75) is 52.1 Å². The van der Waals surface area contributed by atoms with Crippen molar-refractivity contribution in [1.29, 1.82) is 0 Å². The molecule has 1 fully saturated rings. The third-order valence-electron chi connectivity index (χ3n) is 5.42.